The number of halogens is 3. The number of aliphatic hydroxyl groups is 2. The van der Waals surface area contributed by atoms with E-state index < -0.39 is 61.0 Å². The minimum absolute atomic E-state index is 0.00950. The molecule has 0 unspecified atom stereocenters. The number of carbonyl (C=O) groups is 1. The molecule has 2 N–H and O–H groups in total. The van der Waals surface area contributed by atoms with Crippen molar-refractivity contribution in [2.45, 2.75) is 62.3 Å². The zero-order valence-electron chi connectivity index (χ0n) is 22.2. The second-order valence-electron chi connectivity index (χ2n) is 11.8. The number of amides is 1. The van der Waals surface area contributed by atoms with Crippen molar-refractivity contribution in [3.05, 3.63) is 34.1 Å². The molecule has 1 heterocycles. The summed E-state index contributed by atoms with van der Waals surface area (Å²) in [5.74, 6) is -1.92. The third-order valence-electron chi connectivity index (χ3n) is 6.64. The average molecular weight is 624 g/mol. The summed E-state index contributed by atoms with van der Waals surface area (Å²) >= 11 is 4.41. The monoisotopic (exact) mass is 622 g/mol. The minimum Gasteiger partial charge on any atom is -0.443 e. The van der Waals surface area contributed by atoms with Crippen LogP contribution in [0, 0.1) is 17.7 Å². The number of nitrogens with zero attached hydrogens (tertiary/aromatic N) is 2. The summed E-state index contributed by atoms with van der Waals surface area (Å²) < 4.78 is 41.3. The summed E-state index contributed by atoms with van der Waals surface area (Å²) in [6, 6.07) is 5.04. The maximum atomic E-state index is 15.2. The summed E-state index contributed by atoms with van der Waals surface area (Å²) in [7, 11) is -1.41. The molecule has 0 saturated heterocycles. The molecule has 1 saturated carbocycles. The van der Waals surface area contributed by atoms with Gasteiger partial charge in [-0.2, -0.15) is 0 Å². The molecule has 1 amide bonds. The number of ether oxygens (including phenoxy) is 2. The fourth-order valence-corrected chi connectivity index (χ4v) is 7.45. The van der Waals surface area contributed by atoms with Crippen LogP contribution in [0.3, 0.4) is 0 Å². The van der Waals surface area contributed by atoms with Gasteiger partial charge in [0.05, 0.1) is 11.4 Å². The van der Waals surface area contributed by atoms with Gasteiger partial charge < -0.3 is 19.7 Å². The Morgan fingerprint density at radius 2 is 1.97 bits per heavy atom. The summed E-state index contributed by atoms with van der Waals surface area (Å²) in [5.41, 5.74) is -2.60. The number of aliphatic hydroxyl groups excluding tert-OH is 2. The van der Waals surface area contributed by atoms with Crippen LogP contribution in [0.25, 0.3) is 0 Å². The number of carbonyl (C=O) groups excluding carboxylic acids is 1. The Morgan fingerprint density at radius 1 is 1.30 bits per heavy atom. The topological polar surface area (TPSA) is 91.6 Å². The van der Waals surface area contributed by atoms with Crippen LogP contribution in [0.4, 0.5) is 13.6 Å². The van der Waals surface area contributed by atoms with Crippen molar-refractivity contribution in [2.24, 2.45) is 16.8 Å². The van der Waals surface area contributed by atoms with Crippen LogP contribution in [-0.2, 0) is 15.0 Å². The second-order valence-corrected chi connectivity index (χ2v) is 19.7. The lowest BCUT2D eigenvalue weighted by atomic mass is 9.84. The summed E-state index contributed by atoms with van der Waals surface area (Å²) in [6.07, 6.45) is -0.748. The molecule has 2 aliphatic rings. The Kier molecular flexibility index (Phi) is 9.23. The molecule has 7 nitrogen and oxygen atoms in total. The quantitative estimate of drug-likeness (QED) is 0.218. The molecule has 0 aromatic heterocycles. The second kappa shape index (κ2) is 11.2. The van der Waals surface area contributed by atoms with Crippen molar-refractivity contribution in [1.82, 2.24) is 4.90 Å². The minimum atomic E-state index is -1.76. The van der Waals surface area contributed by atoms with Crippen LogP contribution >= 0.6 is 27.7 Å². The van der Waals surface area contributed by atoms with Crippen LogP contribution in [-0.4, -0.2) is 78.0 Å². The van der Waals surface area contributed by atoms with E-state index >= 15 is 8.78 Å². The summed E-state index contributed by atoms with van der Waals surface area (Å²) in [5, 5.41) is 20.6. The first-order chi connectivity index (χ1) is 17.1. The van der Waals surface area contributed by atoms with Gasteiger partial charge in [0, 0.05) is 43.2 Å². The molecule has 0 spiro atoms. The number of hydrogen-bond acceptors (Lipinski definition) is 7. The van der Waals surface area contributed by atoms with E-state index in [0.29, 0.717) is 11.1 Å². The Balaban J connectivity index is 2.10. The van der Waals surface area contributed by atoms with Crippen molar-refractivity contribution < 1.29 is 33.3 Å². The van der Waals surface area contributed by atoms with E-state index in [1.54, 1.807) is 20.8 Å². The summed E-state index contributed by atoms with van der Waals surface area (Å²) in [6.45, 7) is 10.1. The first kappa shape index (κ1) is 30.5. The Labute approximate surface area is 231 Å². The highest BCUT2D eigenvalue weighted by Gasteiger charge is 2.75. The lowest BCUT2D eigenvalue weighted by molar-refractivity contribution is 0.0108. The van der Waals surface area contributed by atoms with Gasteiger partial charge in [0.15, 0.2) is 5.17 Å². The predicted molar refractivity (Wildman–Crippen MR) is 148 cm³/mol. The van der Waals surface area contributed by atoms with E-state index in [9.17, 15) is 15.0 Å². The zero-order chi connectivity index (χ0) is 27.8. The van der Waals surface area contributed by atoms with Gasteiger partial charge in [0.25, 0.3) is 0 Å². The molecular formula is C25H37BrF2N2O5SSi. The van der Waals surface area contributed by atoms with E-state index in [1.165, 1.54) is 23.1 Å². The molecule has 0 radical (unpaired) electrons. The number of alkyl halides is 1. The van der Waals surface area contributed by atoms with E-state index in [1.807, 2.05) is 0 Å². The molecule has 208 valence electrons. The zero-order valence-corrected chi connectivity index (χ0v) is 25.6. The molecule has 0 bridgehead atoms. The van der Waals surface area contributed by atoms with Crippen molar-refractivity contribution >= 4 is 47.0 Å². The number of thioether (sulfide) groups is 1. The number of amidine groups is 1. The van der Waals surface area contributed by atoms with Crippen molar-refractivity contribution in [3.63, 3.8) is 0 Å². The maximum absolute atomic E-state index is 15.2. The fourth-order valence-electron chi connectivity index (χ4n) is 4.70. The van der Waals surface area contributed by atoms with Crippen LogP contribution < -0.4 is 0 Å². The predicted octanol–water partition coefficient (Wildman–Crippen LogP) is 5.37. The molecule has 1 aromatic carbocycles. The highest BCUT2D eigenvalue weighted by atomic mass is 79.9. The van der Waals surface area contributed by atoms with E-state index in [4.69, 9.17) is 9.47 Å². The Hall–Kier alpha value is -1.05. The van der Waals surface area contributed by atoms with Gasteiger partial charge in [-0.05, 0) is 45.0 Å². The SMILES string of the molecule is CC(C)(C)OC(=O)N(COCC[Si](C)(C)C)C1=N[C@](CF)(c2cc(Br)ccc2F)[C@H]2[C@H](CO)[C@@]2(CO)S1. The summed E-state index contributed by atoms with van der Waals surface area (Å²) in [4.78, 5) is 19.2. The van der Waals surface area contributed by atoms with E-state index in [2.05, 4.69) is 40.6 Å². The van der Waals surface area contributed by atoms with Crippen LogP contribution in [0.1, 0.15) is 26.3 Å². The highest BCUT2D eigenvalue weighted by Crippen LogP contribution is 2.70. The third-order valence-corrected chi connectivity index (χ3v) is 10.4. The number of hydrogen-bond donors (Lipinski definition) is 2. The molecular weight excluding hydrogens is 586 g/mol. The lowest BCUT2D eigenvalue weighted by Crippen LogP contribution is -2.47. The number of rotatable bonds is 9. The molecule has 37 heavy (non-hydrogen) atoms. The maximum Gasteiger partial charge on any atom is 0.418 e. The number of aliphatic imine (C=N–C) groups is 1. The highest BCUT2D eigenvalue weighted by molar-refractivity contribution is 9.10. The van der Waals surface area contributed by atoms with Gasteiger partial charge in [-0.3, -0.25) is 0 Å². The van der Waals surface area contributed by atoms with Crippen LogP contribution in [0.5, 0.6) is 0 Å². The fraction of sp³-hybridized carbons (Fsp3) is 0.680. The van der Waals surface area contributed by atoms with Crippen molar-refractivity contribution in [2.75, 3.05) is 33.2 Å². The number of benzene rings is 1. The first-order valence-corrected chi connectivity index (χ1v) is 17.6. The molecule has 1 aliphatic heterocycles. The van der Waals surface area contributed by atoms with Gasteiger partial charge in [-0.15, -0.1) is 0 Å². The first-order valence-electron chi connectivity index (χ1n) is 12.2. The molecule has 1 aromatic rings. The van der Waals surface area contributed by atoms with Gasteiger partial charge in [-0.1, -0.05) is 47.3 Å². The van der Waals surface area contributed by atoms with Crippen LogP contribution in [0.15, 0.2) is 27.7 Å². The Bertz CT molecular complexity index is 1040. The van der Waals surface area contributed by atoms with Crippen molar-refractivity contribution in [3.8, 4) is 0 Å². The molecule has 4 atom stereocenters. The third kappa shape index (κ3) is 6.41. The molecule has 1 fully saturated rings. The molecule has 12 heteroatoms. The van der Waals surface area contributed by atoms with Gasteiger partial charge in [-0.25, -0.2) is 23.5 Å². The molecule has 3 rings (SSSR count). The average Bonchev–Trinajstić information content (AvgIpc) is 3.46. The normalized spacial score (nSPS) is 27.4. The van der Waals surface area contributed by atoms with Gasteiger partial charge in [0.2, 0.25) is 0 Å². The van der Waals surface area contributed by atoms with E-state index in [-0.39, 0.29) is 24.1 Å². The smallest absolute Gasteiger partial charge is 0.418 e. The van der Waals surface area contributed by atoms with Crippen LogP contribution in [0.2, 0.25) is 25.7 Å². The number of fused-ring (bicyclic) bond motifs is 1. The lowest BCUT2D eigenvalue weighted by Gasteiger charge is -2.38. The van der Waals surface area contributed by atoms with Crippen molar-refractivity contribution in [1.29, 1.82) is 0 Å². The van der Waals surface area contributed by atoms with E-state index in [0.717, 1.165) is 17.8 Å². The van der Waals surface area contributed by atoms with Gasteiger partial charge in [0.1, 0.15) is 30.4 Å². The molecule has 1 aliphatic carbocycles. The van der Waals surface area contributed by atoms with Gasteiger partial charge >= 0.3 is 6.09 Å². The standard InChI is InChI=1S/C25H37BrF2N2O5SSi/c1-23(2,3)35-22(33)30(15-34-9-10-37(4,5)6)21-29-24(13-27,17-11-16(26)7-8-19(17)28)20-18(12-31)25(20,14-32)36-21/h7-8,11,18,20,31-32H,9-10,12-15H2,1-6H3/t18-,20+,24+,25+/m0/s1. The Morgan fingerprint density at radius 3 is 2.51 bits per heavy atom. The largest absolute Gasteiger partial charge is 0.443 e.